The number of esters is 1. The predicted molar refractivity (Wildman–Crippen MR) is 98.5 cm³/mol. The molecule has 8 nitrogen and oxygen atoms in total. The quantitative estimate of drug-likeness (QED) is 0.666. The van der Waals surface area contributed by atoms with E-state index in [1.165, 1.54) is 33.5 Å². The molecule has 0 aliphatic rings. The van der Waals surface area contributed by atoms with E-state index in [2.05, 4.69) is 14.8 Å². The van der Waals surface area contributed by atoms with Crippen molar-refractivity contribution in [2.24, 2.45) is 0 Å². The number of hydrogen-bond acceptors (Lipinski definition) is 7. The maximum absolute atomic E-state index is 12.7. The fourth-order valence-corrected chi connectivity index (χ4v) is 2.42. The SMILES string of the molecule is COC(=O)c1cc(OC)c(OC(F)F)cc1NC(=O)c1cc(OC)cc(OC)c1. The third kappa shape index (κ3) is 5.24. The van der Waals surface area contributed by atoms with Crippen molar-refractivity contribution in [3.05, 3.63) is 41.5 Å². The van der Waals surface area contributed by atoms with Crippen molar-refractivity contribution in [2.45, 2.75) is 6.61 Å². The normalized spacial score (nSPS) is 10.3. The van der Waals surface area contributed by atoms with Crippen LogP contribution < -0.4 is 24.3 Å². The zero-order chi connectivity index (χ0) is 21.6. The number of halogens is 2. The molecule has 0 aliphatic carbocycles. The molecule has 0 atom stereocenters. The zero-order valence-electron chi connectivity index (χ0n) is 16.1. The summed E-state index contributed by atoms with van der Waals surface area (Å²) in [5.74, 6) is -1.25. The minimum atomic E-state index is -3.14. The van der Waals surface area contributed by atoms with Crippen LogP contribution in [-0.2, 0) is 4.74 Å². The molecular weight excluding hydrogens is 392 g/mol. The van der Waals surface area contributed by atoms with E-state index in [1.807, 2.05) is 0 Å². The molecule has 156 valence electrons. The van der Waals surface area contributed by atoms with Gasteiger partial charge in [0, 0.05) is 23.8 Å². The van der Waals surface area contributed by atoms with Gasteiger partial charge in [0.2, 0.25) is 0 Å². The van der Waals surface area contributed by atoms with E-state index in [9.17, 15) is 18.4 Å². The number of rotatable bonds is 8. The van der Waals surface area contributed by atoms with Gasteiger partial charge in [-0.3, -0.25) is 4.79 Å². The molecule has 0 radical (unpaired) electrons. The Hall–Kier alpha value is -3.56. The molecular formula is C19H19F2NO7. The first kappa shape index (κ1) is 21.7. The van der Waals surface area contributed by atoms with Gasteiger partial charge in [-0.15, -0.1) is 0 Å². The monoisotopic (exact) mass is 411 g/mol. The molecule has 1 N–H and O–H groups in total. The summed E-state index contributed by atoms with van der Waals surface area (Å²) in [5.41, 5.74) is -0.0848. The van der Waals surface area contributed by atoms with Gasteiger partial charge in [0.15, 0.2) is 11.5 Å². The van der Waals surface area contributed by atoms with Crippen LogP contribution in [-0.4, -0.2) is 46.9 Å². The molecule has 10 heteroatoms. The van der Waals surface area contributed by atoms with E-state index < -0.39 is 18.5 Å². The molecule has 0 bridgehead atoms. The number of alkyl halides is 2. The topological polar surface area (TPSA) is 92.3 Å². The highest BCUT2D eigenvalue weighted by molar-refractivity contribution is 6.08. The second-order valence-corrected chi connectivity index (χ2v) is 5.47. The number of carbonyl (C=O) groups excluding carboxylic acids is 2. The highest BCUT2D eigenvalue weighted by Gasteiger charge is 2.22. The van der Waals surface area contributed by atoms with E-state index in [1.54, 1.807) is 6.07 Å². The molecule has 0 aliphatic heterocycles. The highest BCUT2D eigenvalue weighted by atomic mass is 19.3. The molecule has 0 heterocycles. The summed E-state index contributed by atoms with van der Waals surface area (Å²) in [6.45, 7) is -3.14. The lowest BCUT2D eigenvalue weighted by molar-refractivity contribution is -0.0511. The first-order chi connectivity index (χ1) is 13.8. The van der Waals surface area contributed by atoms with Crippen LogP contribution in [0.15, 0.2) is 30.3 Å². The Labute approximate surface area is 165 Å². The summed E-state index contributed by atoms with van der Waals surface area (Å²) in [5, 5.41) is 2.48. The zero-order valence-corrected chi connectivity index (χ0v) is 16.1. The lowest BCUT2D eigenvalue weighted by Gasteiger charge is -2.16. The summed E-state index contributed by atoms with van der Waals surface area (Å²) < 4.78 is 49.7. The van der Waals surface area contributed by atoms with E-state index >= 15 is 0 Å². The molecule has 1 amide bonds. The highest BCUT2D eigenvalue weighted by Crippen LogP contribution is 2.35. The number of benzene rings is 2. The Morgan fingerprint density at radius 3 is 1.97 bits per heavy atom. The Kier molecular flexibility index (Phi) is 7.18. The van der Waals surface area contributed by atoms with E-state index in [0.29, 0.717) is 11.5 Å². The van der Waals surface area contributed by atoms with Gasteiger partial charge < -0.3 is 29.0 Å². The summed E-state index contributed by atoms with van der Waals surface area (Å²) in [6, 6.07) is 6.63. The lowest BCUT2D eigenvalue weighted by Crippen LogP contribution is -2.16. The molecule has 0 spiro atoms. The van der Waals surface area contributed by atoms with Gasteiger partial charge in [-0.25, -0.2) is 4.79 Å². The molecule has 0 saturated carbocycles. The number of hydrogen-bond donors (Lipinski definition) is 1. The number of ether oxygens (including phenoxy) is 5. The van der Waals surface area contributed by atoms with Crippen molar-refractivity contribution in [3.63, 3.8) is 0 Å². The second kappa shape index (κ2) is 9.58. The van der Waals surface area contributed by atoms with Crippen LogP contribution in [0.2, 0.25) is 0 Å². The Morgan fingerprint density at radius 1 is 0.862 bits per heavy atom. The fraction of sp³-hybridized carbons (Fsp3) is 0.263. The largest absolute Gasteiger partial charge is 0.497 e. The first-order valence-corrected chi connectivity index (χ1v) is 8.12. The van der Waals surface area contributed by atoms with Crippen LogP contribution in [0.4, 0.5) is 14.5 Å². The van der Waals surface area contributed by atoms with Crippen LogP contribution in [0.25, 0.3) is 0 Å². The lowest BCUT2D eigenvalue weighted by atomic mass is 10.1. The maximum Gasteiger partial charge on any atom is 0.387 e. The van der Waals surface area contributed by atoms with Gasteiger partial charge in [0.25, 0.3) is 5.91 Å². The smallest absolute Gasteiger partial charge is 0.387 e. The Morgan fingerprint density at radius 2 is 1.48 bits per heavy atom. The summed E-state index contributed by atoms with van der Waals surface area (Å²) >= 11 is 0. The molecule has 2 aromatic carbocycles. The molecule has 0 aromatic heterocycles. The minimum absolute atomic E-state index is 0.111. The minimum Gasteiger partial charge on any atom is -0.497 e. The van der Waals surface area contributed by atoms with Crippen molar-refractivity contribution >= 4 is 17.6 Å². The van der Waals surface area contributed by atoms with E-state index in [0.717, 1.165) is 19.2 Å². The fourth-order valence-electron chi connectivity index (χ4n) is 2.42. The molecule has 2 rings (SSSR count). The number of anilines is 1. The third-order valence-corrected chi connectivity index (χ3v) is 3.79. The average Bonchev–Trinajstić information content (AvgIpc) is 2.72. The van der Waals surface area contributed by atoms with Crippen molar-refractivity contribution in [1.82, 2.24) is 0 Å². The van der Waals surface area contributed by atoms with Crippen LogP contribution in [0.5, 0.6) is 23.0 Å². The van der Waals surface area contributed by atoms with Gasteiger partial charge in [0.05, 0.1) is 39.7 Å². The molecule has 0 saturated heterocycles. The summed E-state index contributed by atoms with van der Waals surface area (Å²) in [4.78, 5) is 24.8. The molecule has 0 unspecified atom stereocenters. The second-order valence-electron chi connectivity index (χ2n) is 5.47. The van der Waals surface area contributed by atoms with Crippen molar-refractivity contribution in [2.75, 3.05) is 33.8 Å². The summed E-state index contributed by atoms with van der Waals surface area (Å²) in [6.07, 6.45) is 0. The standard InChI is InChI=1S/C19H19F2NO7/c1-25-11-5-10(6-12(7-11)26-2)17(23)22-14-9-16(29-19(20)21)15(27-3)8-13(14)18(24)28-4/h5-9,19H,1-4H3,(H,22,23). The van der Waals surface area contributed by atoms with E-state index in [-0.39, 0.29) is 28.3 Å². The van der Waals surface area contributed by atoms with Gasteiger partial charge in [-0.1, -0.05) is 0 Å². The van der Waals surface area contributed by atoms with Crippen molar-refractivity contribution < 1.29 is 42.1 Å². The predicted octanol–water partition coefficient (Wildman–Crippen LogP) is 3.35. The van der Waals surface area contributed by atoms with Gasteiger partial charge in [0.1, 0.15) is 11.5 Å². The van der Waals surface area contributed by atoms with Crippen LogP contribution in [0.3, 0.4) is 0 Å². The number of carbonyl (C=O) groups is 2. The van der Waals surface area contributed by atoms with Crippen LogP contribution >= 0.6 is 0 Å². The molecule has 0 fully saturated rings. The van der Waals surface area contributed by atoms with Crippen molar-refractivity contribution in [3.8, 4) is 23.0 Å². The van der Waals surface area contributed by atoms with Crippen LogP contribution in [0.1, 0.15) is 20.7 Å². The van der Waals surface area contributed by atoms with E-state index in [4.69, 9.17) is 14.2 Å². The Bertz CT molecular complexity index is 880. The Balaban J connectivity index is 2.49. The average molecular weight is 411 g/mol. The van der Waals surface area contributed by atoms with Gasteiger partial charge in [-0.05, 0) is 12.1 Å². The first-order valence-electron chi connectivity index (χ1n) is 8.12. The van der Waals surface area contributed by atoms with Crippen molar-refractivity contribution in [1.29, 1.82) is 0 Å². The summed E-state index contributed by atoms with van der Waals surface area (Å²) in [7, 11) is 5.19. The van der Waals surface area contributed by atoms with Gasteiger partial charge >= 0.3 is 12.6 Å². The maximum atomic E-state index is 12.7. The number of nitrogens with one attached hydrogen (secondary N) is 1. The molecule has 29 heavy (non-hydrogen) atoms. The number of methoxy groups -OCH3 is 4. The van der Waals surface area contributed by atoms with Crippen LogP contribution in [0, 0.1) is 0 Å². The molecule has 2 aromatic rings. The van der Waals surface area contributed by atoms with Gasteiger partial charge in [-0.2, -0.15) is 8.78 Å². The third-order valence-electron chi connectivity index (χ3n) is 3.79. The number of amides is 1.